The third-order valence-electron chi connectivity index (χ3n) is 7.62. The third kappa shape index (κ3) is 4.43. The maximum Gasteiger partial charge on any atom is 0.338 e. The number of carbonyl (C=O) groups is 2. The highest BCUT2D eigenvalue weighted by atomic mass is 16.6. The van der Waals surface area contributed by atoms with Gasteiger partial charge in [0.15, 0.2) is 0 Å². The lowest BCUT2D eigenvalue weighted by Gasteiger charge is -2.34. The summed E-state index contributed by atoms with van der Waals surface area (Å²) in [6, 6.07) is 16.4. The highest BCUT2D eigenvalue weighted by molar-refractivity contribution is 5.90. The molecular formula is C28H34N2O3. The number of nitrogens with two attached hydrogens (primary N) is 1. The molecule has 0 radical (unpaired) electrons. The molecule has 0 aromatic heterocycles. The molecule has 1 heterocycles. The van der Waals surface area contributed by atoms with Gasteiger partial charge in [0.25, 0.3) is 0 Å². The summed E-state index contributed by atoms with van der Waals surface area (Å²) in [5.41, 5.74) is 9.62. The van der Waals surface area contributed by atoms with Crippen LogP contribution in [0.15, 0.2) is 48.5 Å². The first-order chi connectivity index (χ1) is 15.6. The van der Waals surface area contributed by atoms with E-state index in [0.717, 1.165) is 49.9 Å². The van der Waals surface area contributed by atoms with Gasteiger partial charge in [0, 0.05) is 13.1 Å². The molecule has 1 spiro atoms. The molecule has 2 aromatic carbocycles. The second-order valence-electron chi connectivity index (χ2n) is 11.3. The highest BCUT2D eigenvalue weighted by Gasteiger charge is 2.57. The van der Waals surface area contributed by atoms with Crippen molar-refractivity contribution >= 4 is 11.9 Å². The largest absolute Gasteiger partial charge is 0.456 e. The molecule has 5 nitrogen and oxygen atoms in total. The van der Waals surface area contributed by atoms with Crippen molar-refractivity contribution in [2.24, 2.45) is 11.1 Å². The van der Waals surface area contributed by atoms with Crippen LogP contribution in [0.2, 0.25) is 0 Å². The molecule has 1 saturated heterocycles. The summed E-state index contributed by atoms with van der Waals surface area (Å²) in [5.74, 6) is 0.456. The Morgan fingerprint density at radius 1 is 0.909 bits per heavy atom. The second kappa shape index (κ2) is 7.69. The molecule has 2 N–H and O–H groups in total. The van der Waals surface area contributed by atoms with Crippen LogP contribution in [0.1, 0.15) is 74.7 Å². The number of nitrogens with zero attached hydrogens (tertiary/aromatic N) is 1. The Morgan fingerprint density at radius 2 is 1.45 bits per heavy atom. The molecule has 0 bridgehead atoms. The first-order valence-electron chi connectivity index (χ1n) is 12.1. The predicted octanol–water partition coefficient (Wildman–Crippen LogP) is 4.90. The van der Waals surface area contributed by atoms with Gasteiger partial charge in [-0.05, 0) is 93.0 Å². The van der Waals surface area contributed by atoms with Gasteiger partial charge in [-0.1, -0.05) is 36.4 Å². The van der Waals surface area contributed by atoms with E-state index in [9.17, 15) is 9.59 Å². The Hall–Kier alpha value is -2.66. The molecule has 1 aliphatic heterocycles. The number of amides is 1. The SMILES string of the molecule is CC(C)(C)OC(=O)c1ccc(-c2ccc([C@@H]3CC34CCN(C(=O)C3(N)CC3)CC4)cc2)cc1. The fourth-order valence-corrected chi connectivity index (χ4v) is 5.23. The molecule has 1 atom stereocenters. The molecule has 1 amide bonds. The zero-order chi connectivity index (χ0) is 23.4. The van der Waals surface area contributed by atoms with Crippen molar-refractivity contribution in [1.82, 2.24) is 4.90 Å². The maximum atomic E-state index is 12.5. The molecule has 2 aliphatic carbocycles. The average Bonchev–Trinajstić information content (AvgIpc) is 3.70. The van der Waals surface area contributed by atoms with Crippen molar-refractivity contribution in [3.05, 3.63) is 59.7 Å². The van der Waals surface area contributed by atoms with E-state index in [2.05, 4.69) is 24.3 Å². The normalized spacial score (nSPS) is 22.7. The Morgan fingerprint density at radius 3 is 1.97 bits per heavy atom. The summed E-state index contributed by atoms with van der Waals surface area (Å²) in [4.78, 5) is 26.8. The van der Waals surface area contributed by atoms with E-state index in [4.69, 9.17) is 10.5 Å². The first kappa shape index (κ1) is 22.1. The lowest BCUT2D eigenvalue weighted by atomic mass is 9.88. The molecule has 2 aromatic rings. The van der Waals surface area contributed by atoms with Crippen molar-refractivity contribution in [3.8, 4) is 11.1 Å². The van der Waals surface area contributed by atoms with E-state index in [-0.39, 0.29) is 11.9 Å². The molecule has 2 saturated carbocycles. The summed E-state index contributed by atoms with van der Waals surface area (Å²) in [6.45, 7) is 7.30. The van der Waals surface area contributed by atoms with Crippen LogP contribution in [-0.4, -0.2) is 41.0 Å². The van der Waals surface area contributed by atoms with Crippen LogP contribution in [0.4, 0.5) is 0 Å². The highest BCUT2D eigenvalue weighted by Crippen LogP contribution is 2.65. The number of esters is 1. The van der Waals surface area contributed by atoms with Crippen LogP contribution in [0, 0.1) is 5.41 Å². The molecule has 0 unspecified atom stereocenters. The fourth-order valence-electron chi connectivity index (χ4n) is 5.23. The molecule has 5 rings (SSSR count). The predicted molar refractivity (Wildman–Crippen MR) is 129 cm³/mol. The van der Waals surface area contributed by atoms with Crippen molar-refractivity contribution in [2.75, 3.05) is 13.1 Å². The first-order valence-corrected chi connectivity index (χ1v) is 12.1. The maximum absolute atomic E-state index is 12.5. The third-order valence-corrected chi connectivity index (χ3v) is 7.62. The van der Waals surface area contributed by atoms with Crippen LogP contribution >= 0.6 is 0 Å². The topological polar surface area (TPSA) is 72.6 Å². The van der Waals surface area contributed by atoms with Gasteiger partial charge >= 0.3 is 5.97 Å². The van der Waals surface area contributed by atoms with Crippen molar-refractivity contribution < 1.29 is 14.3 Å². The number of hydrogen-bond acceptors (Lipinski definition) is 4. The van der Waals surface area contributed by atoms with Crippen molar-refractivity contribution in [3.63, 3.8) is 0 Å². The van der Waals surface area contributed by atoms with Crippen LogP contribution in [0.25, 0.3) is 11.1 Å². The smallest absolute Gasteiger partial charge is 0.338 e. The zero-order valence-electron chi connectivity index (χ0n) is 19.9. The van der Waals surface area contributed by atoms with E-state index in [1.165, 1.54) is 12.0 Å². The fraction of sp³-hybridized carbons (Fsp3) is 0.500. The van der Waals surface area contributed by atoms with Gasteiger partial charge in [-0.15, -0.1) is 0 Å². The van der Waals surface area contributed by atoms with Gasteiger partial charge in [0.2, 0.25) is 5.91 Å². The van der Waals surface area contributed by atoms with Gasteiger partial charge in [-0.3, -0.25) is 4.79 Å². The van der Waals surface area contributed by atoms with Crippen LogP contribution < -0.4 is 5.73 Å². The lowest BCUT2D eigenvalue weighted by Crippen LogP contribution is -2.49. The summed E-state index contributed by atoms with van der Waals surface area (Å²) in [5, 5.41) is 0. The monoisotopic (exact) mass is 446 g/mol. The summed E-state index contributed by atoms with van der Waals surface area (Å²) >= 11 is 0. The minimum atomic E-state index is -0.547. The second-order valence-corrected chi connectivity index (χ2v) is 11.3. The Kier molecular flexibility index (Phi) is 5.16. The van der Waals surface area contributed by atoms with E-state index in [1.807, 2.05) is 49.9 Å². The number of piperidine rings is 1. The van der Waals surface area contributed by atoms with Gasteiger partial charge in [0.05, 0.1) is 11.1 Å². The lowest BCUT2D eigenvalue weighted by molar-refractivity contribution is -0.135. The van der Waals surface area contributed by atoms with Crippen LogP contribution in [0.3, 0.4) is 0 Å². The Labute approximate surface area is 196 Å². The van der Waals surface area contributed by atoms with Gasteiger partial charge in [-0.25, -0.2) is 4.79 Å². The van der Waals surface area contributed by atoms with E-state index >= 15 is 0 Å². The minimum absolute atomic E-state index is 0.164. The standard InChI is InChI=1S/C28H34N2O3/c1-26(2,3)33-24(31)22-10-6-20(7-11-22)19-4-8-21(9-5-19)23-18-27(23)14-16-30(17-15-27)25(32)28(29)12-13-28/h4-11,23H,12-18,29H2,1-3H3/t23-/m0/s1. The van der Waals surface area contributed by atoms with Crippen molar-refractivity contribution in [2.45, 2.75) is 69.9 Å². The molecule has 3 fully saturated rings. The number of hydrogen-bond donors (Lipinski definition) is 1. The van der Waals surface area contributed by atoms with Crippen molar-refractivity contribution in [1.29, 1.82) is 0 Å². The Balaban J connectivity index is 1.20. The van der Waals surface area contributed by atoms with E-state index < -0.39 is 11.1 Å². The number of likely N-dealkylation sites (tertiary alicyclic amines) is 1. The summed E-state index contributed by atoms with van der Waals surface area (Å²) in [7, 11) is 0. The summed E-state index contributed by atoms with van der Waals surface area (Å²) in [6.07, 6.45) is 5.05. The number of rotatable bonds is 4. The minimum Gasteiger partial charge on any atom is -0.456 e. The number of carbonyl (C=O) groups excluding carboxylic acids is 2. The molecule has 5 heteroatoms. The molecule has 33 heavy (non-hydrogen) atoms. The number of ether oxygens (including phenoxy) is 1. The van der Waals surface area contributed by atoms with Crippen LogP contribution in [0.5, 0.6) is 0 Å². The van der Waals surface area contributed by atoms with Gasteiger partial charge in [0.1, 0.15) is 5.60 Å². The molecule has 3 aliphatic rings. The molecular weight excluding hydrogens is 412 g/mol. The quantitative estimate of drug-likeness (QED) is 0.678. The van der Waals surface area contributed by atoms with E-state index in [1.54, 1.807) is 0 Å². The van der Waals surface area contributed by atoms with Gasteiger partial charge < -0.3 is 15.4 Å². The average molecular weight is 447 g/mol. The van der Waals surface area contributed by atoms with E-state index in [0.29, 0.717) is 16.9 Å². The van der Waals surface area contributed by atoms with Gasteiger partial charge in [-0.2, -0.15) is 0 Å². The zero-order valence-corrected chi connectivity index (χ0v) is 19.9. The molecule has 174 valence electrons. The van der Waals surface area contributed by atoms with Crippen LogP contribution in [-0.2, 0) is 9.53 Å². The summed E-state index contributed by atoms with van der Waals surface area (Å²) < 4.78 is 5.45. The number of benzene rings is 2. The Bertz CT molecular complexity index is 1050.